The van der Waals surface area contributed by atoms with Crippen LogP contribution in [0.4, 0.5) is 29.7 Å². The van der Waals surface area contributed by atoms with Crippen LogP contribution in [-0.4, -0.2) is 76.0 Å². The first-order chi connectivity index (χ1) is 19.9. The van der Waals surface area contributed by atoms with Crippen LogP contribution in [0, 0.1) is 5.92 Å². The standard InChI is InChI=1S/C28H36F3N7O4S/c1-26(2,3)42-25(39)36-27(4,5)18-15-37(16-18)22-21-14-32-38(20-8-6-7-17(13-20)28(29,30)31)23(21)35-24(34-22)33-19-9-11-43(40,41)12-10-19/h6-8,13-14,18-19H,9-12,15-16H2,1-5H3,(H,36,39)(H,33,34,35). The zero-order valence-electron chi connectivity index (χ0n) is 24.7. The fourth-order valence-corrected chi connectivity index (χ4v) is 6.69. The molecule has 0 unspecified atom stereocenters. The van der Waals surface area contributed by atoms with Crippen LogP contribution < -0.4 is 15.5 Å². The maximum atomic E-state index is 13.5. The van der Waals surface area contributed by atoms with Gasteiger partial charge in [-0.1, -0.05) is 6.07 Å². The smallest absolute Gasteiger partial charge is 0.416 e. The number of alkyl halides is 3. The topological polar surface area (TPSA) is 131 Å². The van der Waals surface area contributed by atoms with E-state index in [0.717, 1.165) is 12.1 Å². The van der Waals surface area contributed by atoms with Crippen LogP contribution in [0.1, 0.15) is 53.0 Å². The van der Waals surface area contributed by atoms with Crippen molar-refractivity contribution in [3.05, 3.63) is 36.0 Å². The van der Waals surface area contributed by atoms with Crippen LogP contribution in [-0.2, 0) is 20.8 Å². The minimum absolute atomic E-state index is 0.0449. The third-order valence-corrected chi connectivity index (χ3v) is 9.45. The normalized spacial score (nSPS) is 18.4. The lowest BCUT2D eigenvalue weighted by atomic mass is 9.81. The number of hydrogen-bond donors (Lipinski definition) is 2. The Morgan fingerprint density at radius 1 is 1.05 bits per heavy atom. The van der Waals surface area contributed by atoms with E-state index < -0.39 is 38.8 Å². The van der Waals surface area contributed by atoms with Gasteiger partial charge in [-0.05, 0) is 65.7 Å². The van der Waals surface area contributed by atoms with Crippen molar-refractivity contribution >= 4 is 38.7 Å². The van der Waals surface area contributed by atoms with Gasteiger partial charge in [0.1, 0.15) is 21.3 Å². The monoisotopic (exact) mass is 623 g/mol. The van der Waals surface area contributed by atoms with Gasteiger partial charge in [-0.3, -0.25) is 0 Å². The molecule has 1 aromatic carbocycles. The zero-order valence-corrected chi connectivity index (χ0v) is 25.5. The van der Waals surface area contributed by atoms with Crippen LogP contribution in [0.2, 0.25) is 0 Å². The maximum absolute atomic E-state index is 13.5. The number of benzene rings is 1. The number of rotatable bonds is 6. The minimum atomic E-state index is -4.53. The first kappa shape index (κ1) is 30.8. The van der Waals surface area contributed by atoms with E-state index in [0.29, 0.717) is 42.8 Å². The minimum Gasteiger partial charge on any atom is -0.444 e. The van der Waals surface area contributed by atoms with E-state index in [1.165, 1.54) is 23.0 Å². The number of fused-ring (bicyclic) bond motifs is 1. The molecular weight excluding hydrogens is 587 g/mol. The Labute approximate surface area is 248 Å². The molecule has 0 aliphatic carbocycles. The van der Waals surface area contributed by atoms with Crippen molar-refractivity contribution < 1.29 is 31.1 Å². The second kappa shape index (κ2) is 10.8. The average molecular weight is 624 g/mol. The zero-order chi connectivity index (χ0) is 31.4. The van der Waals surface area contributed by atoms with Gasteiger partial charge in [0.15, 0.2) is 5.65 Å². The third kappa shape index (κ3) is 6.97. The molecule has 2 aliphatic heterocycles. The fourth-order valence-electron chi connectivity index (χ4n) is 5.20. The van der Waals surface area contributed by atoms with Crippen LogP contribution in [0.25, 0.3) is 16.7 Å². The summed E-state index contributed by atoms with van der Waals surface area (Å²) in [6.45, 7) is 10.3. The molecule has 11 nitrogen and oxygen atoms in total. The number of alkyl carbamates (subject to hydrolysis) is 1. The fraction of sp³-hybridized carbons (Fsp3) is 0.571. The summed E-state index contributed by atoms with van der Waals surface area (Å²) in [5.74, 6) is 0.919. The van der Waals surface area contributed by atoms with Gasteiger partial charge in [-0.25, -0.2) is 17.9 Å². The summed E-state index contributed by atoms with van der Waals surface area (Å²) in [5.41, 5.74) is -1.54. The molecule has 2 aliphatic rings. The van der Waals surface area contributed by atoms with Crippen molar-refractivity contribution in [1.29, 1.82) is 0 Å². The molecule has 0 saturated carbocycles. The van der Waals surface area contributed by atoms with Gasteiger partial charge in [0.25, 0.3) is 0 Å². The first-order valence-electron chi connectivity index (χ1n) is 14.1. The SMILES string of the molecule is CC(C)(C)OC(=O)NC(C)(C)C1CN(c2nc(NC3CCS(=O)(=O)CC3)nc3c2cnn3-c2cccc(C(F)(F)F)c2)C1. The Bertz CT molecular complexity index is 1610. The second-order valence-electron chi connectivity index (χ2n) is 12.7. The van der Waals surface area contributed by atoms with Crippen LogP contribution >= 0.6 is 0 Å². The maximum Gasteiger partial charge on any atom is 0.416 e. The van der Waals surface area contributed by atoms with Crippen molar-refractivity contribution in [1.82, 2.24) is 25.1 Å². The van der Waals surface area contributed by atoms with Gasteiger partial charge in [-0.2, -0.15) is 28.2 Å². The Morgan fingerprint density at radius 3 is 2.35 bits per heavy atom. The quantitative estimate of drug-likeness (QED) is 0.406. The predicted octanol–water partition coefficient (Wildman–Crippen LogP) is 4.56. The Balaban J connectivity index is 1.45. The summed E-state index contributed by atoms with van der Waals surface area (Å²) < 4.78 is 71.0. The molecule has 0 atom stereocenters. The summed E-state index contributed by atoms with van der Waals surface area (Å²) in [4.78, 5) is 23.8. The van der Waals surface area contributed by atoms with Gasteiger partial charge in [0.2, 0.25) is 5.95 Å². The van der Waals surface area contributed by atoms with E-state index in [9.17, 15) is 26.4 Å². The molecule has 2 fully saturated rings. The van der Waals surface area contributed by atoms with Gasteiger partial charge in [-0.15, -0.1) is 0 Å². The number of sulfone groups is 1. The first-order valence-corrected chi connectivity index (χ1v) is 15.9. The molecular formula is C28H36F3N7O4S. The summed E-state index contributed by atoms with van der Waals surface area (Å²) in [7, 11) is -3.08. The van der Waals surface area contributed by atoms with Gasteiger partial charge >= 0.3 is 12.3 Å². The number of ether oxygens (including phenoxy) is 1. The van der Waals surface area contributed by atoms with Gasteiger partial charge < -0.3 is 20.3 Å². The summed E-state index contributed by atoms with van der Waals surface area (Å²) in [5, 5.41) is 11.1. The molecule has 234 valence electrons. The molecule has 5 rings (SSSR count). The Hall–Kier alpha value is -3.62. The van der Waals surface area contributed by atoms with Crippen molar-refractivity contribution in [3.8, 4) is 5.69 Å². The molecule has 2 saturated heterocycles. The highest BCUT2D eigenvalue weighted by atomic mass is 32.2. The predicted molar refractivity (Wildman–Crippen MR) is 156 cm³/mol. The van der Waals surface area contributed by atoms with Crippen molar-refractivity contribution in [2.24, 2.45) is 5.92 Å². The number of hydrogen-bond acceptors (Lipinski definition) is 9. The third-order valence-electron chi connectivity index (χ3n) is 7.74. The molecule has 0 radical (unpaired) electrons. The molecule has 43 heavy (non-hydrogen) atoms. The summed E-state index contributed by atoms with van der Waals surface area (Å²) >= 11 is 0. The van der Waals surface area contributed by atoms with Crippen molar-refractivity contribution in [2.75, 3.05) is 34.8 Å². The van der Waals surface area contributed by atoms with E-state index in [2.05, 4.69) is 20.7 Å². The lowest BCUT2D eigenvalue weighted by Gasteiger charge is -2.48. The molecule has 4 heterocycles. The Morgan fingerprint density at radius 2 is 1.72 bits per heavy atom. The molecule has 2 N–H and O–H groups in total. The number of anilines is 2. The largest absolute Gasteiger partial charge is 0.444 e. The molecule has 2 aromatic heterocycles. The van der Waals surface area contributed by atoms with Crippen LogP contribution in [0.15, 0.2) is 30.5 Å². The molecule has 1 amide bonds. The highest BCUT2D eigenvalue weighted by molar-refractivity contribution is 7.91. The van der Waals surface area contributed by atoms with Gasteiger partial charge in [0, 0.05) is 30.6 Å². The highest BCUT2D eigenvalue weighted by Gasteiger charge is 2.42. The average Bonchev–Trinajstić information content (AvgIpc) is 3.26. The Kier molecular flexibility index (Phi) is 7.76. The van der Waals surface area contributed by atoms with E-state index >= 15 is 0 Å². The van der Waals surface area contributed by atoms with E-state index in [1.54, 1.807) is 20.8 Å². The van der Waals surface area contributed by atoms with Gasteiger partial charge in [0.05, 0.1) is 34.3 Å². The van der Waals surface area contributed by atoms with Crippen LogP contribution in [0.3, 0.4) is 0 Å². The molecule has 15 heteroatoms. The van der Waals surface area contributed by atoms with E-state index in [4.69, 9.17) is 9.72 Å². The summed E-state index contributed by atoms with van der Waals surface area (Å²) in [6.07, 6.45) is -2.73. The van der Waals surface area contributed by atoms with Crippen molar-refractivity contribution in [3.63, 3.8) is 0 Å². The molecule has 3 aromatic rings. The lowest BCUT2D eigenvalue weighted by Crippen LogP contribution is -2.62. The second-order valence-corrected chi connectivity index (χ2v) is 15.0. The molecule has 0 spiro atoms. The van der Waals surface area contributed by atoms with Crippen molar-refractivity contribution in [2.45, 2.75) is 70.8 Å². The number of nitrogens with one attached hydrogen (secondary N) is 2. The number of amides is 1. The number of nitrogens with zero attached hydrogens (tertiary/aromatic N) is 5. The van der Waals surface area contributed by atoms with Crippen LogP contribution in [0.5, 0.6) is 0 Å². The number of carbonyl (C=O) groups excluding carboxylic acids is 1. The highest BCUT2D eigenvalue weighted by Crippen LogP contribution is 2.36. The van der Waals surface area contributed by atoms with E-state index in [1.807, 2.05) is 18.7 Å². The summed E-state index contributed by atoms with van der Waals surface area (Å²) in [6, 6.07) is 4.66. The molecule has 0 bridgehead atoms. The number of carbonyl (C=O) groups is 1. The van der Waals surface area contributed by atoms with E-state index in [-0.39, 0.29) is 35.1 Å². The number of aromatic nitrogens is 4. The lowest BCUT2D eigenvalue weighted by molar-refractivity contribution is -0.137. The number of halogens is 3.